The largest absolute Gasteiger partial charge is 0.345 e. The summed E-state index contributed by atoms with van der Waals surface area (Å²) < 4.78 is 0. The van der Waals surface area contributed by atoms with Crippen molar-refractivity contribution in [1.29, 1.82) is 0 Å². The van der Waals surface area contributed by atoms with Gasteiger partial charge < -0.3 is 15.5 Å². The highest BCUT2D eigenvalue weighted by Crippen LogP contribution is 2.22. The van der Waals surface area contributed by atoms with Crippen molar-refractivity contribution in [3.8, 4) is 0 Å². The Balaban J connectivity index is 1.75. The molecule has 1 heterocycles. The van der Waals surface area contributed by atoms with Gasteiger partial charge in [-0.1, -0.05) is 32.9 Å². The Bertz CT molecular complexity index is 626. The lowest BCUT2D eigenvalue weighted by Gasteiger charge is -2.19. The summed E-state index contributed by atoms with van der Waals surface area (Å²) in [7, 11) is 0. The molecule has 1 aromatic rings. The highest BCUT2D eigenvalue weighted by atomic mass is 16.2. The van der Waals surface area contributed by atoms with Crippen LogP contribution in [0.25, 0.3) is 0 Å². The first-order valence-corrected chi connectivity index (χ1v) is 8.70. The average molecular weight is 345 g/mol. The maximum Gasteiger partial charge on any atom is 0.251 e. The first kappa shape index (κ1) is 19.0. The van der Waals surface area contributed by atoms with Gasteiger partial charge in [0.2, 0.25) is 11.8 Å². The molecule has 136 valence electrons. The Morgan fingerprint density at radius 1 is 0.960 bits per heavy atom. The number of nitrogens with one attached hydrogen (secondary N) is 2. The molecule has 0 unspecified atom stereocenters. The molecule has 0 spiro atoms. The van der Waals surface area contributed by atoms with Crippen molar-refractivity contribution >= 4 is 17.7 Å². The molecular formula is C19H27N3O3. The van der Waals surface area contributed by atoms with Crippen molar-refractivity contribution in [2.75, 3.05) is 26.2 Å². The number of hydrogen-bond acceptors (Lipinski definition) is 3. The third kappa shape index (κ3) is 5.59. The summed E-state index contributed by atoms with van der Waals surface area (Å²) >= 11 is 0. The maximum atomic E-state index is 12.1. The van der Waals surface area contributed by atoms with Crippen LogP contribution in [0.2, 0.25) is 0 Å². The minimum atomic E-state index is -0.368. The van der Waals surface area contributed by atoms with Gasteiger partial charge in [-0.15, -0.1) is 0 Å². The number of likely N-dealkylation sites (tertiary alicyclic amines) is 1. The molecule has 1 fully saturated rings. The van der Waals surface area contributed by atoms with Crippen LogP contribution >= 0.6 is 0 Å². The molecule has 0 atom stereocenters. The summed E-state index contributed by atoms with van der Waals surface area (Å²) in [6.07, 6.45) is 2.04. The molecule has 0 saturated carbocycles. The van der Waals surface area contributed by atoms with E-state index < -0.39 is 0 Å². The molecule has 0 aliphatic carbocycles. The Morgan fingerprint density at radius 3 is 2.12 bits per heavy atom. The predicted octanol–water partition coefficient (Wildman–Crippen LogP) is 1.45. The van der Waals surface area contributed by atoms with Crippen LogP contribution in [-0.4, -0.2) is 48.8 Å². The van der Waals surface area contributed by atoms with E-state index in [0.717, 1.165) is 31.5 Å². The van der Waals surface area contributed by atoms with Crippen LogP contribution < -0.4 is 10.6 Å². The van der Waals surface area contributed by atoms with Gasteiger partial charge in [-0.25, -0.2) is 0 Å². The Morgan fingerprint density at radius 2 is 1.56 bits per heavy atom. The number of carbonyl (C=O) groups excluding carboxylic acids is 3. The normalized spacial score (nSPS) is 14.3. The van der Waals surface area contributed by atoms with E-state index in [1.54, 1.807) is 17.0 Å². The third-order valence-electron chi connectivity index (χ3n) is 4.32. The fourth-order valence-electron chi connectivity index (χ4n) is 2.70. The summed E-state index contributed by atoms with van der Waals surface area (Å²) in [5.41, 5.74) is 1.67. The van der Waals surface area contributed by atoms with E-state index in [1.165, 1.54) is 0 Å². The van der Waals surface area contributed by atoms with Crippen molar-refractivity contribution in [2.45, 2.75) is 39.0 Å². The molecule has 1 aliphatic heterocycles. The quantitative estimate of drug-likeness (QED) is 0.848. The van der Waals surface area contributed by atoms with Crippen molar-refractivity contribution in [1.82, 2.24) is 15.5 Å². The Hall–Kier alpha value is -2.37. The number of hydrogen-bond donors (Lipinski definition) is 2. The summed E-state index contributed by atoms with van der Waals surface area (Å²) in [4.78, 5) is 37.5. The minimum absolute atomic E-state index is 0.0189. The van der Waals surface area contributed by atoms with E-state index in [9.17, 15) is 14.4 Å². The van der Waals surface area contributed by atoms with Crippen LogP contribution in [0.3, 0.4) is 0 Å². The van der Waals surface area contributed by atoms with Gasteiger partial charge >= 0.3 is 0 Å². The highest BCUT2D eigenvalue weighted by Gasteiger charge is 2.18. The third-order valence-corrected chi connectivity index (χ3v) is 4.32. The molecule has 2 N–H and O–H groups in total. The summed E-state index contributed by atoms with van der Waals surface area (Å²) in [5.74, 6) is -0.747. The molecule has 0 radical (unpaired) electrons. The zero-order valence-electron chi connectivity index (χ0n) is 15.2. The second kappa shape index (κ2) is 8.14. The van der Waals surface area contributed by atoms with Gasteiger partial charge in [0.15, 0.2) is 0 Å². The summed E-state index contributed by atoms with van der Waals surface area (Å²) in [6, 6.07) is 7.35. The van der Waals surface area contributed by atoms with Crippen LogP contribution in [0.5, 0.6) is 0 Å². The molecule has 1 aliphatic rings. The maximum absolute atomic E-state index is 12.1. The van der Waals surface area contributed by atoms with E-state index in [0.29, 0.717) is 5.56 Å². The van der Waals surface area contributed by atoms with Gasteiger partial charge in [0.25, 0.3) is 5.91 Å². The molecule has 2 rings (SSSR count). The van der Waals surface area contributed by atoms with Gasteiger partial charge in [0.1, 0.15) is 0 Å². The molecule has 0 bridgehead atoms. The van der Waals surface area contributed by atoms with Crippen LogP contribution in [0.4, 0.5) is 0 Å². The highest BCUT2D eigenvalue weighted by molar-refractivity contribution is 5.96. The smallest absolute Gasteiger partial charge is 0.251 e. The van der Waals surface area contributed by atoms with Crippen molar-refractivity contribution in [3.63, 3.8) is 0 Å². The lowest BCUT2D eigenvalue weighted by atomic mass is 9.87. The van der Waals surface area contributed by atoms with Gasteiger partial charge in [-0.05, 0) is 36.0 Å². The van der Waals surface area contributed by atoms with Crippen LogP contribution in [0.1, 0.15) is 49.5 Å². The average Bonchev–Trinajstić information content (AvgIpc) is 3.11. The molecule has 1 saturated heterocycles. The molecule has 6 heteroatoms. The number of amides is 3. The Kier molecular flexibility index (Phi) is 6.17. The van der Waals surface area contributed by atoms with Gasteiger partial charge in [0.05, 0.1) is 13.1 Å². The lowest BCUT2D eigenvalue weighted by Crippen LogP contribution is -2.42. The van der Waals surface area contributed by atoms with Crippen LogP contribution in [-0.2, 0) is 15.0 Å². The standard InChI is InChI=1S/C19H27N3O3/c1-19(2,3)15-8-6-14(7-9-15)18(25)21-12-16(23)20-13-17(24)22-10-4-5-11-22/h6-9H,4-5,10-13H2,1-3H3,(H,20,23)(H,21,25). The number of rotatable bonds is 5. The zero-order chi connectivity index (χ0) is 18.4. The predicted molar refractivity (Wildman–Crippen MR) is 96.3 cm³/mol. The monoisotopic (exact) mass is 345 g/mol. The molecule has 0 aromatic heterocycles. The lowest BCUT2D eigenvalue weighted by molar-refractivity contribution is -0.131. The van der Waals surface area contributed by atoms with E-state index >= 15 is 0 Å². The second-order valence-electron chi connectivity index (χ2n) is 7.37. The molecule has 25 heavy (non-hydrogen) atoms. The van der Waals surface area contributed by atoms with E-state index in [4.69, 9.17) is 0 Å². The number of carbonyl (C=O) groups is 3. The van der Waals surface area contributed by atoms with Crippen LogP contribution in [0, 0.1) is 0 Å². The molecule has 3 amide bonds. The number of benzene rings is 1. The number of nitrogens with zero attached hydrogens (tertiary/aromatic N) is 1. The van der Waals surface area contributed by atoms with Crippen LogP contribution in [0.15, 0.2) is 24.3 Å². The first-order chi connectivity index (χ1) is 11.8. The van der Waals surface area contributed by atoms with Gasteiger partial charge in [-0.3, -0.25) is 14.4 Å². The fourth-order valence-corrected chi connectivity index (χ4v) is 2.70. The van der Waals surface area contributed by atoms with E-state index in [2.05, 4.69) is 31.4 Å². The summed E-state index contributed by atoms with van der Waals surface area (Å²) in [6.45, 7) is 7.68. The van der Waals surface area contributed by atoms with Crippen molar-refractivity contribution < 1.29 is 14.4 Å². The molecule has 6 nitrogen and oxygen atoms in total. The summed E-state index contributed by atoms with van der Waals surface area (Å²) in [5, 5.41) is 5.12. The van der Waals surface area contributed by atoms with Crippen molar-refractivity contribution in [2.24, 2.45) is 0 Å². The van der Waals surface area contributed by atoms with Gasteiger partial charge in [0, 0.05) is 18.7 Å². The second-order valence-corrected chi connectivity index (χ2v) is 7.37. The molecule has 1 aromatic carbocycles. The first-order valence-electron chi connectivity index (χ1n) is 8.70. The minimum Gasteiger partial charge on any atom is -0.345 e. The van der Waals surface area contributed by atoms with Gasteiger partial charge in [-0.2, -0.15) is 0 Å². The zero-order valence-corrected chi connectivity index (χ0v) is 15.2. The molecular weight excluding hydrogens is 318 g/mol. The van der Waals surface area contributed by atoms with Crippen molar-refractivity contribution in [3.05, 3.63) is 35.4 Å². The van der Waals surface area contributed by atoms with E-state index in [-0.39, 0.29) is 36.2 Å². The fraction of sp³-hybridized carbons (Fsp3) is 0.526. The topological polar surface area (TPSA) is 78.5 Å². The SMILES string of the molecule is CC(C)(C)c1ccc(C(=O)NCC(=O)NCC(=O)N2CCCC2)cc1. The Labute approximate surface area is 149 Å². The van der Waals surface area contributed by atoms with E-state index in [1.807, 2.05) is 12.1 Å².